The van der Waals surface area contributed by atoms with Crippen molar-refractivity contribution in [2.45, 2.75) is 52.2 Å². The van der Waals surface area contributed by atoms with Crippen molar-refractivity contribution in [2.75, 3.05) is 20.2 Å². The summed E-state index contributed by atoms with van der Waals surface area (Å²) in [6.07, 6.45) is 1.63. The van der Waals surface area contributed by atoms with Gasteiger partial charge in [-0.25, -0.2) is 0 Å². The first kappa shape index (κ1) is 15.4. The van der Waals surface area contributed by atoms with E-state index in [4.69, 9.17) is 15.9 Å². The van der Waals surface area contributed by atoms with Gasteiger partial charge in [0.1, 0.15) is 0 Å². The topological polar surface area (TPSA) is 62.3 Å². The van der Waals surface area contributed by atoms with Crippen LogP contribution in [0.4, 0.5) is 0 Å². The number of rotatable bonds is 8. The van der Waals surface area contributed by atoms with Crippen LogP contribution in [0.3, 0.4) is 0 Å². The van der Waals surface area contributed by atoms with Crippen LogP contribution in [-0.4, -0.2) is 42.6 Å². The largest absolute Gasteiger partial charge is 0.388 e. The van der Waals surface area contributed by atoms with Crippen molar-refractivity contribution in [3.8, 4) is 0 Å². The van der Waals surface area contributed by atoms with Crippen molar-refractivity contribution in [1.82, 2.24) is 4.90 Å². The Morgan fingerprint density at radius 2 is 1.94 bits per heavy atom. The van der Waals surface area contributed by atoms with E-state index >= 15 is 0 Å². The third kappa shape index (κ3) is 6.80. The van der Waals surface area contributed by atoms with Gasteiger partial charge in [0.05, 0.1) is 11.4 Å². The molecule has 0 spiro atoms. The maximum absolute atomic E-state index is 7.25. The molecule has 16 heavy (non-hydrogen) atoms. The number of methoxy groups -OCH3 is 1. The predicted molar refractivity (Wildman–Crippen MR) is 68.9 cm³/mol. The molecule has 4 heteroatoms. The summed E-state index contributed by atoms with van der Waals surface area (Å²) < 4.78 is 5.40. The van der Waals surface area contributed by atoms with Gasteiger partial charge in [-0.1, -0.05) is 0 Å². The van der Waals surface area contributed by atoms with Gasteiger partial charge < -0.3 is 15.4 Å². The van der Waals surface area contributed by atoms with Gasteiger partial charge >= 0.3 is 0 Å². The lowest BCUT2D eigenvalue weighted by Gasteiger charge is -2.30. The average molecular weight is 229 g/mol. The molecule has 4 nitrogen and oxygen atoms in total. The number of nitrogens with zero attached hydrogens (tertiary/aromatic N) is 1. The Hall–Kier alpha value is -0.610. The van der Waals surface area contributed by atoms with Crippen LogP contribution in [0.15, 0.2) is 0 Å². The highest BCUT2D eigenvalue weighted by Gasteiger charge is 2.19. The lowest BCUT2D eigenvalue weighted by molar-refractivity contribution is 0.00534. The van der Waals surface area contributed by atoms with Crippen LogP contribution in [0.2, 0.25) is 0 Å². The molecule has 3 N–H and O–H groups in total. The molecule has 96 valence electrons. The highest BCUT2D eigenvalue weighted by molar-refractivity contribution is 5.76. The van der Waals surface area contributed by atoms with E-state index in [2.05, 4.69) is 32.6 Å². The molecule has 0 aromatic carbocycles. The fourth-order valence-corrected chi connectivity index (χ4v) is 1.41. The molecule has 0 bridgehead atoms. The van der Waals surface area contributed by atoms with Crippen LogP contribution in [0.1, 0.15) is 40.5 Å². The van der Waals surface area contributed by atoms with Crippen molar-refractivity contribution < 1.29 is 4.74 Å². The third-order valence-corrected chi connectivity index (χ3v) is 2.95. The van der Waals surface area contributed by atoms with Crippen molar-refractivity contribution >= 4 is 5.84 Å². The number of nitrogens with one attached hydrogen (secondary N) is 1. The van der Waals surface area contributed by atoms with Gasteiger partial charge in [0, 0.05) is 32.7 Å². The van der Waals surface area contributed by atoms with Crippen LogP contribution in [0.5, 0.6) is 0 Å². The van der Waals surface area contributed by atoms with Gasteiger partial charge in [0.25, 0.3) is 0 Å². The minimum absolute atomic E-state index is 0.0800. The Bertz CT molecular complexity index is 214. The second kappa shape index (κ2) is 6.86. The number of hydrogen-bond donors (Lipinski definition) is 2. The van der Waals surface area contributed by atoms with E-state index in [1.807, 2.05) is 0 Å². The van der Waals surface area contributed by atoms with Crippen molar-refractivity contribution in [3.05, 3.63) is 0 Å². The quantitative estimate of drug-likeness (QED) is 0.493. The highest BCUT2D eigenvalue weighted by atomic mass is 16.5. The maximum atomic E-state index is 7.25. The first-order valence-electron chi connectivity index (χ1n) is 5.90. The van der Waals surface area contributed by atoms with Gasteiger partial charge in [0.2, 0.25) is 0 Å². The fourth-order valence-electron chi connectivity index (χ4n) is 1.41. The van der Waals surface area contributed by atoms with Crippen molar-refractivity contribution in [3.63, 3.8) is 0 Å². The smallest absolute Gasteiger partial charge is 0.0918 e. The molecule has 0 aliphatic rings. The Balaban J connectivity index is 4.09. The summed E-state index contributed by atoms with van der Waals surface area (Å²) in [4.78, 5) is 2.34. The molecular formula is C12H27N3O. The summed E-state index contributed by atoms with van der Waals surface area (Å²) in [5.74, 6) is 0.261. The number of amidine groups is 1. The Kier molecular flexibility index (Phi) is 6.60. The van der Waals surface area contributed by atoms with E-state index in [1.54, 1.807) is 7.11 Å². The first-order chi connectivity index (χ1) is 7.28. The van der Waals surface area contributed by atoms with Crippen LogP contribution in [-0.2, 0) is 4.74 Å². The molecule has 0 aromatic rings. The number of ether oxygens (including phenoxy) is 1. The summed E-state index contributed by atoms with van der Waals surface area (Å²) in [5, 5.41) is 7.25. The van der Waals surface area contributed by atoms with Crippen LogP contribution >= 0.6 is 0 Å². The van der Waals surface area contributed by atoms with Gasteiger partial charge in [0.15, 0.2) is 0 Å². The SMILES string of the molecule is COC(C)(C)CCN(CCC(=N)N)C(C)C. The Labute approximate surface area is 99.7 Å². The molecular weight excluding hydrogens is 202 g/mol. The van der Waals surface area contributed by atoms with Crippen LogP contribution in [0, 0.1) is 5.41 Å². The Morgan fingerprint density at radius 1 is 1.38 bits per heavy atom. The molecule has 0 fully saturated rings. The maximum Gasteiger partial charge on any atom is 0.0918 e. The normalized spacial score (nSPS) is 12.4. The second-order valence-electron chi connectivity index (χ2n) is 5.12. The molecule has 0 aromatic heterocycles. The molecule has 0 atom stereocenters. The van der Waals surface area contributed by atoms with E-state index in [9.17, 15) is 0 Å². The van der Waals surface area contributed by atoms with E-state index in [1.165, 1.54) is 0 Å². The average Bonchev–Trinajstić information content (AvgIpc) is 2.16. The summed E-state index contributed by atoms with van der Waals surface area (Å²) in [6, 6.07) is 0.479. The van der Waals surface area contributed by atoms with Crippen LogP contribution in [0.25, 0.3) is 0 Å². The predicted octanol–water partition coefficient (Wildman–Crippen LogP) is 1.84. The molecule has 0 aliphatic carbocycles. The summed E-state index contributed by atoms with van der Waals surface area (Å²) >= 11 is 0. The zero-order valence-electron chi connectivity index (χ0n) is 11.3. The molecule has 0 saturated carbocycles. The van der Waals surface area contributed by atoms with E-state index < -0.39 is 0 Å². The lowest BCUT2D eigenvalue weighted by atomic mass is 10.0. The van der Waals surface area contributed by atoms with Crippen molar-refractivity contribution in [1.29, 1.82) is 5.41 Å². The lowest BCUT2D eigenvalue weighted by Crippen LogP contribution is -2.38. The molecule has 0 amide bonds. The molecule has 0 rings (SSSR count). The molecule has 0 heterocycles. The molecule has 0 unspecified atom stereocenters. The van der Waals surface area contributed by atoms with Gasteiger partial charge in [-0.3, -0.25) is 5.41 Å². The minimum atomic E-state index is -0.0800. The molecule has 0 saturated heterocycles. The van der Waals surface area contributed by atoms with Gasteiger partial charge in [-0.15, -0.1) is 0 Å². The van der Waals surface area contributed by atoms with E-state index in [0.29, 0.717) is 12.5 Å². The van der Waals surface area contributed by atoms with E-state index in [0.717, 1.165) is 19.5 Å². The van der Waals surface area contributed by atoms with Crippen LogP contribution < -0.4 is 5.73 Å². The van der Waals surface area contributed by atoms with Crippen molar-refractivity contribution in [2.24, 2.45) is 5.73 Å². The fraction of sp³-hybridized carbons (Fsp3) is 0.917. The molecule has 0 aliphatic heterocycles. The standard InChI is InChI=1S/C12H27N3O/c1-10(2)15(8-6-11(13)14)9-7-12(3,4)16-5/h10H,6-9H2,1-5H3,(H3,13,14). The summed E-state index contributed by atoms with van der Waals surface area (Å²) in [5.41, 5.74) is 5.30. The zero-order chi connectivity index (χ0) is 12.8. The highest BCUT2D eigenvalue weighted by Crippen LogP contribution is 2.14. The second-order valence-corrected chi connectivity index (χ2v) is 5.12. The van der Waals surface area contributed by atoms with Gasteiger partial charge in [-0.2, -0.15) is 0 Å². The first-order valence-corrected chi connectivity index (χ1v) is 5.90. The zero-order valence-corrected chi connectivity index (χ0v) is 11.3. The summed E-state index contributed by atoms with van der Waals surface area (Å²) in [7, 11) is 1.75. The summed E-state index contributed by atoms with van der Waals surface area (Å²) in [6.45, 7) is 10.4. The Morgan fingerprint density at radius 3 is 2.31 bits per heavy atom. The number of nitrogens with two attached hydrogens (primary N) is 1. The number of hydrogen-bond acceptors (Lipinski definition) is 3. The third-order valence-electron chi connectivity index (χ3n) is 2.95. The van der Waals surface area contributed by atoms with Gasteiger partial charge in [-0.05, 0) is 34.1 Å². The monoisotopic (exact) mass is 229 g/mol. The minimum Gasteiger partial charge on any atom is -0.388 e. The van der Waals surface area contributed by atoms with E-state index in [-0.39, 0.29) is 11.4 Å². The molecule has 0 radical (unpaired) electrons.